The van der Waals surface area contributed by atoms with E-state index < -0.39 is 16.7 Å². The van der Waals surface area contributed by atoms with Gasteiger partial charge in [0, 0.05) is 25.7 Å². The lowest BCUT2D eigenvalue weighted by molar-refractivity contribution is -0.384. The Balaban J connectivity index is 1.78. The number of imide groups is 1. The summed E-state index contributed by atoms with van der Waals surface area (Å²) in [7, 11) is 3.28. The first-order valence-corrected chi connectivity index (χ1v) is 10.2. The number of likely N-dealkylation sites (N-methyl/N-ethyl adjacent to an activating group) is 1. The smallest absolute Gasteiger partial charge is 0.282 e. The molecule has 0 bridgehead atoms. The molecule has 0 aliphatic carbocycles. The molecule has 3 aromatic carbocycles. The Kier molecular flexibility index (Phi) is 5.91. The van der Waals surface area contributed by atoms with E-state index in [9.17, 15) is 19.7 Å². The Morgan fingerprint density at radius 3 is 2.12 bits per heavy atom. The number of carbonyl (C=O) groups is 2. The highest BCUT2D eigenvalue weighted by atomic mass is 16.6. The van der Waals surface area contributed by atoms with Crippen LogP contribution < -0.4 is 9.64 Å². The lowest BCUT2D eigenvalue weighted by Gasteiger charge is -2.21. The van der Waals surface area contributed by atoms with Gasteiger partial charge in [0.25, 0.3) is 17.5 Å². The Hall–Kier alpha value is -4.46. The number of nitrogens with zero attached hydrogens (tertiary/aromatic N) is 3. The first kappa shape index (κ1) is 21.8. The first-order valence-electron chi connectivity index (χ1n) is 10.2. The summed E-state index contributed by atoms with van der Waals surface area (Å²) in [5, 5.41) is 11.1. The molecular formula is C25H21N3O5. The summed E-state index contributed by atoms with van der Waals surface area (Å²) < 4.78 is 5.17. The SMILES string of the molecule is COc1ccc(N2C(=O)C(c3ccc([N+](=O)[O-])cc3)=C(N(C)Cc3ccccc3)C2=O)cc1. The zero-order valence-corrected chi connectivity index (χ0v) is 18.1. The molecule has 3 aromatic rings. The molecule has 0 aromatic heterocycles. The van der Waals surface area contributed by atoms with Crippen LogP contribution in [0.1, 0.15) is 11.1 Å². The van der Waals surface area contributed by atoms with Gasteiger partial charge in [0.2, 0.25) is 0 Å². The number of benzene rings is 3. The fourth-order valence-electron chi connectivity index (χ4n) is 3.78. The van der Waals surface area contributed by atoms with Gasteiger partial charge < -0.3 is 9.64 Å². The minimum absolute atomic E-state index is 0.0951. The highest BCUT2D eigenvalue weighted by Crippen LogP contribution is 2.35. The zero-order chi connectivity index (χ0) is 23.5. The van der Waals surface area contributed by atoms with Gasteiger partial charge in [-0.3, -0.25) is 19.7 Å². The van der Waals surface area contributed by atoms with E-state index in [1.807, 2.05) is 30.3 Å². The second kappa shape index (κ2) is 8.96. The normalized spacial score (nSPS) is 13.5. The van der Waals surface area contributed by atoms with Crippen LogP contribution in [0.4, 0.5) is 11.4 Å². The van der Waals surface area contributed by atoms with E-state index in [1.54, 1.807) is 36.2 Å². The average Bonchev–Trinajstić information content (AvgIpc) is 3.09. The van der Waals surface area contributed by atoms with Gasteiger partial charge >= 0.3 is 0 Å². The van der Waals surface area contributed by atoms with Crippen LogP contribution in [0.5, 0.6) is 5.75 Å². The van der Waals surface area contributed by atoms with E-state index in [-0.39, 0.29) is 17.0 Å². The third-order valence-electron chi connectivity index (χ3n) is 5.40. The number of rotatable bonds is 7. The Morgan fingerprint density at radius 1 is 0.909 bits per heavy atom. The summed E-state index contributed by atoms with van der Waals surface area (Å²) in [5.74, 6) is -0.353. The first-order chi connectivity index (χ1) is 15.9. The topological polar surface area (TPSA) is 93.0 Å². The lowest BCUT2D eigenvalue weighted by atomic mass is 10.0. The standard InChI is InChI=1S/C25H21N3O5/c1-26(16-17-6-4-3-5-7-17)23-22(18-8-10-20(11-9-18)28(31)32)24(29)27(25(23)30)19-12-14-21(33-2)15-13-19/h3-15H,16H2,1-2H3. The molecule has 0 N–H and O–H groups in total. The van der Waals surface area contributed by atoms with Crippen molar-refractivity contribution >= 4 is 28.8 Å². The van der Waals surface area contributed by atoms with Crippen LogP contribution in [-0.4, -0.2) is 35.8 Å². The predicted octanol–water partition coefficient (Wildman–Crippen LogP) is 4.02. The van der Waals surface area contributed by atoms with Crippen LogP contribution in [0.3, 0.4) is 0 Å². The number of carbonyl (C=O) groups excluding carboxylic acids is 2. The summed E-state index contributed by atoms with van der Waals surface area (Å²) in [5.41, 5.74) is 2.15. The maximum absolute atomic E-state index is 13.5. The van der Waals surface area contributed by atoms with Crippen LogP contribution in [0, 0.1) is 10.1 Å². The molecule has 0 spiro atoms. The molecule has 1 heterocycles. The van der Waals surface area contributed by atoms with Crippen molar-refractivity contribution in [3.05, 3.63) is 106 Å². The van der Waals surface area contributed by atoms with Crippen molar-refractivity contribution in [3.8, 4) is 5.75 Å². The molecule has 8 heteroatoms. The summed E-state index contributed by atoms with van der Waals surface area (Å²) in [6.07, 6.45) is 0. The summed E-state index contributed by atoms with van der Waals surface area (Å²) in [6, 6.07) is 21.8. The van der Waals surface area contributed by atoms with Crippen LogP contribution in [0.25, 0.3) is 5.57 Å². The minimum atomic E-state index is -0.508. The van der Waals surface area contributed by atoms with Gasteiger partial charge in [-0.1, -0.05) is 30.3 Å². The van der Waals surface area contributed by atoms with Gasteiger partial charge in [-0.25, -0.2) is 4.90 Å². The number of anilines is 1. The van der Waals surface area contributed by atoms with Gasteiger partial charge in [0.15, 0.2) is 0 Å². The van der Waals surface area contributed by atoms with Gasteiger partial charge in [0.05, 0.1) is 23.3 Å². The van der Waals surface area contributed by atoms with Gasteiger partial charge in [-0.05, 0) is 47.5 Å². The second-order valence-corrected chi connectivity index (χ2v) is 7.51. The van der Waals surface area contributed by atoms with Crippen molar-refractivity contribution in [1.82, 2.24) is 4.90 Å². The molecule has 0 saturated carbocycles. The van der Waals surface area contributed by atoms with E-state index in [1.165, 1.54) is 31.4 Å². The number of hydrogen-bond acceptors (Lipinski definition) is 6. The van der Waals surface area contributed by atoms with Crippen molar-refractivity contribution < 1.29 is 19.2 Å². The third-order valence-corrected chi connectivity index (χ3v) is 5.40. The summed E-state index contributed by atoms with van der Waals surface area (Å²) in [6.45, 7) is 0.405. The van der Waals surface area contributed by atoms with Gasteiger partial charge in [0.1, 0.15) is 11.4 Å². The monoisotopic (exact) mass is 443 g/mol. The maximum Gasteiger partial charge on any atom is 0.282 e. The Morgan fingerprint density at radius 2 is 1.55 bits per heavy atom. The van der Waals surface area contributed by atoms with E-state index in [4.69, 9.17) is 4.74 Å². The zero-order valence-electron chi connectivity index (χ0n) is 18.1. The highest BCUT2D eigenvalue weighted by Gasteiger charge is 2.41. The van der Waals surface area contributed by atoms with E-state index >= 15 is 0 Å². The predicted molar refractivity (Wildman–Crippen MR) is 123 cm³/mol. The van der Waals surface area contributed by atoms with E-state index in [2.05, 4.69) is 0 Å². The quantitative estimate of drug-likeness (QED) is 0.311. The van der Waals surface area contributed by atoms with Crippen molar-refractivity contribution in [3.63, 3.8) is 0 Å². The number of non-ortho nitro benzene ring substituents is 1. The third kappa shape index (κ3) is 4.18. The molecule has 0 radical (unpaired) electrons. The molecule has 166 valence electrons. The number of hydrogen-bond donors (Lipinski definition) is 0. The van der Waals surface area contributed by atoms with Crippen molar-refractivity contribution in [2.24, 2.45) is 0 Å². The summed E-state index contributed by atoms with van der Waals surface area (Å²) in [4.78, 5) is 40.4. The van der Waals surface area contributed by atoms with Crippen molar-refractivity contribution in [1.29, 1.82) is 0 Å². The molecule has 0 unspecified atom stereocenters. The van der Waals surface area contributed by atoms with Crippen LogP contribution >= 0.6 is 0 Å². The Labute approximate surface area is 190 Å². The largest absolute Gasteiger partial charge is 0.497 e. The Bertz CT molecular complexity index is 1240. The summed E-state index contributed by atoms with van der Waals surface area (Å²) >= 11 is 0. The van der Waals surface area contributed by atoms with Crippen LogP contribution in [0.2, 0.25) is 0 Å². The molecule has 33 heavy (non-hydrogen) atoms. The second-order valence-electron chi connectivity index (χ2n) is 7.51. The lowest BCUT2D eigenvalue weighted by Crippen LogP contribution is -2.34. The number of amides is 2. The van der Waals surface area contributed by atoms with Gasteiger partial charge in [-0.2, -0.15) is 0 Å². The molecule has 8 nitrogen and oxygen atoms in total. The average molecular weight is 443 g/mol. The van der Waals surface area contributed by atoms with E-state index in [0.717, 1.165) is 10.5 Å². The minimum Gasteiger partial charge on any atom is -0.497 e. The van der Waals surface area contributed by atoms with Crippen LogP contribution in [0.15, 0.2) is 84.6 Å². The van der Waals surface area contributed by atoms with E-state index in [0.29, 0.717) is 23.5 Å². The maximum atomic E-state index is 13.5. The number of ether oxygens (including phenoxy) is 1. The molecule has 1 aliphatic heterocycles. The molecule has 0 atom stereocenters. The fraction of sp³-hybridized carbons (Fsp3) is 0.120. The number of nitro groups is 1. The molecule has 4 rings (SSSR count). The van der Waals surface area contributed by atoms with Crippen LogP contribution in [-0.2, 0) is 16.1 Å². The molecule has 0 fully saturated rings. The number of methoxy groups -OCH3 is 1. The highest BCUT2D eigenvalue weighted by molar-refractivity contribution is 6.45. The number of nitro benzene ring substituents is 1. The van der Waals surface area contributed by atoms with Crippen molar-refractivity contribution in [2.45, 2.75) is 6.54 Å². The molecular weight excluding hydrogens is 422 g/mol. The molecule has 1 aliphatic rings. The molecule has 0 saturated heterocycles. The van der Waals surface area contributed by atoms with Crippen molar-refractivity contribution in [2.75, 3.05) is 19.1 Å². The van der Waals surface area contributed by atoms with Gasteiger partial charge in [-0.15, -0.1) is 0 Å². The molecule has 2 amide bonds. The fourth-order valence-corrected chi connectivity index (χ4v) is 3.78.